The van der Waals surface area contributed by atoms with Gasteiger partial charge in [0.25, 0.3) is 0 Å². The molecule has 3 rings (SSSR count). The van der Waals surface area contributed by atoms with Crippen LogP contribution in [0.4, 0.5) is 5.69 Å². The number of nitrogens with zero attached hydrogens (tertiary/aromatic N) is 1. The summed E-state index contributed by atoms with van der Waals surface area (Å²) in [5, 5.41) is 13.9. The standard InChI is InChI=1S/C23H21ClN2O4/c1-2-29-22-12-17(14-25-26-20-5-3-4-18(13-20)23(27)28)8-11-21(22)30-15-16-6-9-19(24)10-7-16/h3-14,26H,2,15H2,1H3,(H,27,28). The van der Waals surface area contributed by atoms with Crippen LogP contribution in [0.5, 0.6) is 11.5 Å². The van der Waals surface area contributed by atoms with Crippen LogP contribution >= 0.6 is 11.6 Å². The molecule has 7 heteroatoms. The minimum atomic E-state index is -0.988. The monoisotopic (exact) mass is 424 g/mol. The summed E-state index contributed by atoms with van der Waals surface area (Å²) in [6.07, 6.45) is 1.62. The van der Waals surface area contributed by atoms with Crippen molar-refractivity contribution in [1.29, 1.82) is 0 Å². The van der Waals surface area contributed by atoms with E-state index in [-0.39, 0.29) is 5.56 Å². The highest BCUT2D eigenvalue weighted by Crippen LogP contribution is 2.29. The Kier molecular flexibility index (Phi) is 7.29. The first-order chi connectivity index (χ1) is 14.5. The van der Waals surface area contributed by atoms with Crippen LogP contribution in [0.25, 0.3) is 0 Å². The lowest BCUT2D eigenvalue weighted by Gasteiger charge is -2.12. The molecule has 3 aromatic rings. The van der Waals surface area contributed by atoms with Gasteiger partial charge in [0, 0.05) is 5.02 Å². The fourth-order valence-corrected chi connectivity index (χ4v) is 2.76. The number of hydrogen-bond acceptors (Lipinski definition) is 5. The van der Waals surface area contributed by atoms with Crippen LogP contribution in [-0.2, 0) is 6.61 Å². The van der Waals surface area contributed by atoms with Gasteiger partial charge in [-0.05, 0) is 66.6 Å². The molecule has 0 radical (unpaired) electrons. The zero-order valence-corrected chi connectivity index (χ0v) is 17.1. The number of benzene rings is 3. The van der Waals surface area contributed by atoms with Crippen LogP contribution in [0.2, 0.25) is 5.02 Å². The first-order valence-corrected chi connectivity index (χ1v) is 9.69. The molecule has 0 saturated carbocycles. The molecule has 0 saturated heterocycles. The molecule has 0 aliphatic rings. The fourth-order valence-electron chi connectivity index (χ4n) is 2.64. The van der Waals surface area contributed by atoms with E-state index in [9.17, 15) is 4.79 Å². The van der Waals surface area contributed by atoms with Gasteiger partial charge in [-0.15, -0.1) is 0 Å². The second-order valence-corrected chi connectivity index (χ2v) is 6.75. The van der Waals surface area contributed by atoms with Gasteiger partial charge in [-0.25, -0.2) is 4.79 Å². The van der Waals surface area contributed by atoms with Crippen LogP contribution in [0.15, 0.2) is 71.8 Å². The number of aromatic carboxylic acids is 1. The van der Waals surface area contributed by atoms with E-state index in [1.807, 2.05) is 49.4 Å². The molecule has 0 bridgehead atoms. The lowest BCUT2D eigenvalue weighted by molar-refractivity contribution is 0.0697. The van der Waals surface area contributed by atoms with E-state index in [2.05, 4.69) is 10.5 Å². The summed E-state index contributed by atoms with van der Waals surface area (Å²) in [5.41, 5.74) is 5.41. The van der Waals surface area contributed by atoms with Crippen LogP contribution in [-0.4, -0.2) is 23.9 Å². The van der Waals surface area contributed by atoms with Crippen molar-refractivity contribution < 1.29 is 19.4 Å². The number of ether oxygens (including phenoxy) is 2. The molecule has 0 atom stereocenters. The number of carbonyl (C=O) groups is 1. The van der Waals surface area contributed by atoms with E-state index >= 15 is 0 Å². The number of carboxylic acids is 1. The Hall–Kier alpha value is -3.51. The third kappa shape index (κ3) is 5.99. The van der Waals surface area contributed by atoms with Crippen LogP contribution in [0, 0.1) is 0 Å². The maximum absolute atomic E-state index is 11.0. The van der Waals surface area contributed by atoms with Gasteiger partial charge in [0.05, 0.1) is 24.1 Å². The van der Waals surface area contributed by atoms with E-state index in [1.54, 1.807) is 18.3 Å². The second-order valence-electron chi connectivity index (χ2n) is 6.31. The van der Waals surface area contributed by atoms with E-state index < -0.39 is 5.97 Å². The van der Waals surface area contributed by atoms with Crippen molar-refractivity contribution in [2.24, 2.45) is 5.10 Å². The van der Waals surface area contributed by atoms with Gasteiger partial charge in [0.15, 0.2) is 11.5 Å². The number of anilines is 1. The average molecular weight is 425 g/mol. The summed E-state index contributed by atoms with van der Waals surface area (Å²) in [6, 6.07) is 19.4. The fraction of sp³-hybridized carbons (Fsp3) is 0.130. The number of carboxylic acid groups (broad SMARTS) is 1. The van der Waals surface area contributed by atoms with Crippen LogP contribution in [0.3, 0.4) is 0 Å². The normalized spacial score (nSPS) is 10.7. The lowest BCUT2D eigenvalue weighted by Crippen LogP contribution is -2.01. The number of nitrogens with one attached hydrogen (secondary N) is 1. The van der Waals surface area contributed by atoms with Gasteiger partial charge in [-0.1, -0.05) is 29.8 Å². The van der Waals surface area contributed by atoms with Gasteiger partial charge in [-0.2, -0.15) is 5.10 Å². The summed E-state index contributed by atoms with van der Waals surface area (Å²) < 4.78 is 11.6. The third-order valence-electron chi connectivity index (χ3n) is 4.09. The highest BCUT2D eigenvalue weighted by Gasteiger charge is 2.07. The van der Waals surface area contributed by atoms with E-state index in [4.69, 9.17) is 26.2 Å². The maximum Gasteiger partial charge on any atom is 0.335 e. The zero-order chi connectivity index (χ0) is 21.3. The Morgan fingerprint density at radius 2 is 1.87 bits per heavy atom. The molecule has 0 spiro atoms. The van der Waals surface area contributed by atoms with Gasteiger partial charge >= 0.3 is 5.97 Å². The molecule has 0 aromatic heterocycles. The molecule has 30 heavy (non-hydrogen) atoms. The van der Waals surface area contributed by atoms with E-state index in [0.29, 0.717) is 35.4 Å². The summed E-state index contributed by atoms with van der Waals surface area (Å²) in [5.74, 6) is 0.257. The zero-order valence-electron chi connectivity index (χ0n) is 16.3. The molecule has 0 unspecified atom stereocenters. The molecule has 0 heterocycles. The quantitative estimate of drug-likeness (QED) is 0.352. The van der Waals surface area contributed by atoms with Crippen molar-refractivity contribution in [1.82, 2.24) is 0 Å². The second kappa shape index (κ2) is 10.3. The molecule has 0 amide bonds. The van der Waals surface area contributed by atoms with Crippen molar-refractivity contribution >= 4 is 29.5 Å². The Labute approximate surface area is 179 Å². The number of halogens is 1. The SMILES string of the molecule is CCOc1cc(C=NNc2cccc(C(=O)O)c2)ccc1OCc1ccc(Cl)cc1. The summed E-state index contributed by atoms with van der Waals surface area (Å²) in [7, 11) is 0. The minimum Gasteiger partial charge on any atom is -0.490 e. The van der Waals surface area contributed by atoms with Gasteiger partial charge in [0.2, 0.25) is 0 Å². The first kappa shape index (κ1) is 21.2. The average Bonchev–Trinajstić information content (AvgIpc) is 2.75. The third-order valence-corrected chi connectivity index (χ3v) is 4.34. The van der Waals surface area contributed by atoms with Gasteiger partial charge in [-0.3, -0.25) is 5.43 Å². The molecular weight excluding hydrogens is 404 g/mol. The maximum atomic E-state index is 11.0. The van der Waals surface area contributed by atoms with Crippen LogP contribution in [0.1, 0.15) is 28.4 Å². The summed E-state index contributed by atoms with van der Waals surface area (Å²) in [4.78, 5) is 11.0. The summed E-state index contributed by atoms with van der Waals surface area (Å²) >= 11 is 5.91. The van der Waals surface area contributed by atoms with Gasteiger partial charge in [0.1, 0.15) is 6.61 Å². The van der Waals surface area contributed by atoms with E-state index in [0.717, 1.165) is 11.1 Å². The molecule has 154 valence electrons. The van der Waals surface area contributed by atoms with Crippen molar-refractivity contribution in [3.63, 3.8) is 0 Å². The minimum absolute atomic E-state index is 0.191. The highest BCUT2D eigenvalue weighted by molar-refractivity contribution is 6.30. The van der Waals surface area contributed by atoms with E-state index in [1.165, 1.54) is 12.1 Å². The van der Waals surface area contributed by atoms with Gasteiger partial charge < -0.3 is 14.6 Å². The number of rotatable bonds is 9. The topological polar surface area (TPSA) is 80.2 Å². The Bertz CT molecular complexity index is 1040. The number of hydrazone groups is 1. The van der Waals surface area contributed by atoms with Crippen molar-refractivity contribution in [2.45, 2.75) is 13.5 Å². The van der Waals surface area contributed by atoms with Crippen molar-refractivity contribution in [2.75, 3.05) is 12.0 Å². The molecule has 0 fully saturated rings. The Balaban J connectivity index is 1.67. The predicted octanol–water partition coefficient (Wildman–Crippen LogP) is 5.46. The molecule has 0 aliphatic heterocycles. The Morgan fingerprint density at radius 1 is 1.07 bits per heavy atom. The van der Waals surface area contributed by atoms with Crippen molar-refractivity contribution in [3.8, 4) is 11.5 Å². The predicted molar refractivity (Wildman–Crippen MR) is 118 cm³/mol. The molecule has 6 nitrogen and oxygen atoms in total. The lowest BCUT2D eigenvalue weighted by atomic mass is 10.2. The smallest absolute Gasteiger partial charge is 0.335 e. The molecule has 2 N–H and O–H groups in total. The first-order valence-electron chi connectivity index (χ1n) is 9.31. The molecule has 0 aliphatic carbocycles. The highest BCUT2D eigenvalue weighted by atomic mass is 35.5. The summed E-state index contributed by atoms with van der Waals surface area (Å²) in [6.45, 7) is 2.80. The van der Waals surface area contributed by atoms with Crippen molar-refractivity contribution in [3.05, 3.63) is 88.4 Å². The van der Waals surface area contributed by atoms with Crippen LogP contribution < -0.4 is 14.9 Å². The Morgan fingerprint density at radius 3 is 2.60 bits per heavy atom. The molecular formula is C23H21ClN2O4. The molecule has 3 aromatic carbocycles. The largest absolute Gasteiger partial charge is 0.490 e. The number of hydrogen-bond donors (Lipinski definition) is 2.